The van der Waals surface area contributed by atoms with Gasteiger partial charge in [0.1, 0.15) is 17.8 Å². The lowest BCUT2D eigenvalue weighted by Crippen LogP contribution is -2.62. The molecule has 1 unspecified atom stereocenters. The number of aryl methyl sites for hydroxylation is 1. The molecule has 1 aliphatic carbocycles. The summed E-state index contributed by atoms with van der Waals surface area (Å²) in [6.45, 7) is 14.0. The third kappa shape index (κ3) is 9.12. The van der Waals surface area contributed by atoms with Crippen molar-refractivity contribution < 1.29 is 24.1 Å². The van der Waals surface area contributed by atoms with Gasteiger partial charge < -0.3 is 24.1 Å². The monoisotopic (exact) mass is 492 g/mol. The predicted molar refractivity (Wildman–Crippen MR) is 143 cm³/mol. The molecule has 0 radical (unpaired) electrons. The fourth-order valence-corrected chi connectivity index (χ4v) is 4.90. The van der Waals surface area contributed by atoms with Gasteiger partial charge >= 0.3 is 0 Å². The fraction of sp³-hybridized carbons (Fsp3) is 0.800. The van der Waals surface area contributed by atoms with E-state index in [9.17, 15) is 5.11 Å². The smallest absolute Gasteiger partial charge is 0.119 e. The molecule has 0 saturated heterocycles. The second-order valence-corrected chi connectivity index (χ2v) is 10.2. The third-order valence-corrected chi connectivity index (χ3v) is 7.03. The Hall–Kier alpha value is -0.980. The molecule has 5 nitrogen and oxygen atoms in total. The Bertz CT molecular complexity index is 680. The molecular weight excluding hydrogens is 440 g/mol. The Labute approximate surface area is 214 Å². The molecule has 1 fully saturated rings. The average Bonchev–Trinajstić information content (AvgIpc) is 2.85. The van der Waals surface area contributed by atoms with Crippen LogP contribution >= 0.6 is 0 Å². The van der Waals surface area contributed by atoms with Crippen LogP contribution in [0.5, 0.6) is 0 Å². The predicted octanol–water partition coefficient (Wildman–Crippen LogP) is 6.58. The van der Waals surface area contributed by atoms with Crippen LogP contribution in [0.2, 0.25) is 0 Å². The first kappa shape index (κ1) is 30.2. The van der Waals surface area contributed by atoms with Crippen LogP contribution in [0.3, 0.4) is 0 Å². The number of unbranched alkanes of at least 4 members (excludes halogenated alkanes) is 4. The lowest BCUT2D eigenvalue weighted by molar-refractivity contribution is -0.254. The van der Waals surface area contributed by atoms with Crippen molar-refractivity contribution in [1.82, 2.24) is 0 Å². The summed E-state index contributed by atoms with van der Waals surface area (Å²) < 4.78 is 25.7. The van der Waals surface area contributed by atoms with E-state index in [0.717, 1.165) is 69.1 Å². The van der Waals surface area contributed by atoms with Crippen LogP contribution in [0.4, 0.5) is 0 Å². The highest BCUT2D eigenvalue weighted by molar-refractivity contribution is 5.30. The van der Waals surface area contributed by atoms with Gasteiger partial charge in [0.15, 0.2) is 0 Å². The third-order valence-electron chi connectivity index (χ3n) is 7.03. The summed E-state index contributed by atoms with van der Waals surface area (Å²) in [6, 6.07) is 8.21. The van der Waals surface area contributed by atoms with Gasteiger partial charge in [0.2, 0.25) is 0 Å². The van der Waals surface area contributed by atoms with E-state index in [1.165, 1.54) is 0 Å². The molecule has 0 aliphatic heterocycles. The molecule has 0 amide bonds. The molecule has 1 N–H and O–H groups in total. The minimum Gasteiger partial charge on any atom is -0.382 e. The quantitative estimate of drug-likeness (QED) is 0.235. The molecule has 5 heteroatoms. The van der Waals surface area contributed by atoms with E-state index in [1.807, 2.05) is 12.1 Å². The molecule has 2 rings (SSSR count). The number of aliphatic hydroxyl groups is 1. The minimum absolute atomic E-state index is 0.0203. The Morgan fingerprint density at radius 3 is 1.97 bits per heavy atom. The van der Waals surface area contributed by atoms with Crippen molar-refractivity contribution in [3.05, 3.63) is 35.4 Å². The van der Waals surface area contributed by atoms with Gasteiger partial charge in [-0.05, 0) is 44.6 Å². The second-order valence-electron chi connectivity index (χ2n) is 10.2. The van der Waals surface area contributed by atoms with E-state index in [4.69, 9.17) is 18.9 Å². The van der Waals surface area contributed by atoms with E-state index in [1.54, 1.807) is 0 Å². The van der Waals surface area contributed by atoms with Crippen molar-refractivity contribution in [2.75, 3.05) is 33.0 Å². The SMILES string of the molecule is CCCCOC[C@H]1CC(O)(c2cccc(C)c2)[C@H](OCCCC)[C@@H](OCCCC)[C@@H]1OCCCC. The first-order valence-corrected chi connectivity index (χ1v) is 14.2. The normalized spacial score (nSPS) is 26.8. The van der Waals surface area contributed by atoms with Crippen molar-refractivity contribution in [1.29, 1.82) is 0 Å². The molecule has 35 heavy (non-hydrogen) atoms. The maximum Gasteiger partial charge on any atom is 0.119 e. The maximum atomic E-state index is 12.4. The van der Waals surface area contributed by atoms with E-state index < -0.39 is 11.7 Å². The standard InChI is InChI=1S/C30H52O5/c1-6-10-17-32-23-25-22-30(31,26-16-14-15-24(5)21-26)29(35-20-13-9-4)28(34-19-12-8-3)27(25)33-18-11-7-2/h14-16,21,25,27-29,31H,6-13,17-20,22-23H2,1-5H3/t25-,27-,28+,29-,30?/m1/s1. The van der Waals surface area contributed by atoms with E-state index in [2.05, 4.69) is 46.8 Å². The Kier molecular flexibility index (Phi) is 14.4. The molecular formula is C30H52O5. The summed E-state index contributed by atoms with van der Waals surface area (Å²) in [5.41, 5.74) is 0.859. The molecule has 0 bridgehead atoms. The van der Waals surface area contributed by atoms with E-state index in [0.29, 0.717) is 32.8 Å². The molecule has 0 aromatic heterocycles. The molecule has 5 atom stereocenters. The largest absolute Gasteiger partial charge is 0.382 e. The number of ether oxygens (including phenoxy) is 4. The zero-order valence-electron chi connectivity index (χ0n) is 23.1. The Balaban J connectivity index is 2.44. The van der Waals surface area contributed by atoms with Gasteiger partial charge in [-0.15, -0.1) is 0 Å². The van der Waals surface area contributed by atoms with Gasteiger partial charge in [0, 0.05) is 32.3 Å². The van der Waals surface area contributed by atoms with Crippen LogP contribution in [0.15, 0.2) is 24.3 Å². The van der Waals surface area contributed by atoms with Gasteiger partial charge in [-0.3, -0.25) is 0 Å². The van der Waals surface area contributed by atoms with Crippen LogP contribution in [-0.2, 0) is 24.5 Å². The summed E-state index contributed by atoms with van der Waals surface area (Å²) >= 11 is 0. The van der Waals surface area contributed by atoms with Gasteiger partial charge in [-0.1, -0.05) is 83.2 Å². The summed E-state index contributed by atoms with van der Waals surface area (Å²) in [4.78, 5) is 0. The zero-order chi connectivity index (χ0) is 25.5. The number of rotatable bonds is 18. The first-order chi connectivity index (χ1) is 17.0. The van der Waals surface area contributed by atoms with Gasteiger partial charge in [0.05, 0.1) is 12.7 Å². The molecule has 202 valence electrons. The summed E-state index contributed by atoms with van der Waals surface area (Å²) in [7, 11) is 0. The van der Waals surface area contributed by atoms with Crippen molar-refractivity contribution in [2.45, 2.75) is 116 Å². The topological polar surface area (TPSA) is 57.2 Å². The Morgan fingerprint density at radius 1 is 0.800 bits per heavy atom. The van der Waals surface area contributed by atoms with Crippen molar-refractivity contribution in [3.8, 4) is 0 Å². The molecule has 0 heterocycles. The lowest BCUT2D eigenvalue weighted by Gasteiger charge is -2.51. The highest BCUT2D eigenvalue weighted by Gasteiger charge is 2.55. The van der Waals surface area contributed by atoms with Crippen LogP contribution in [0.25, 0.3) is 0 Å². The zero-order valence-corrected chi connectivity index (χ0v) is 23.1. The maximum absolute atomic E-state index is 12.4. The molecule has 1 aromatic rings. The summed E-state index contributed by atoms with van der Waals surface area (Å²) in [6.07, 6.45) is 7.76. The van der Waals surface area contributed by atoms with Gasteiger partial charge in [-0.2, -0.15) is 0 Å². The minimum atomic E-state index is -1.17. The van der Waals surface area contributed by atoms with E-state index in [-0.39, 0.29) is 18.1 Å². The fourth-order valence-electron chi connectivity index (χ4n) is 4.90. The second kappa shape index (κ2) is 16.7. The van der Waals surface area contributed by atoms with Crippen LogP contribution in [-0.4, -0.2) is 56.5 Å². The average molecular weight is 493 g/mol. The van der Waals surface area contributed by atoms with Gasteiger partial charge in [-0.25, -0.2) is 0 Å². The highest BCUT2D eigenvalue weighted by atomic mass is 16.6. The number of hydrogen-bond acceptors (Lipinski definition) is 5. The molecule has 0 spiro atoms. The summed E-state index contributed by atoms with van der Waals surface area (Å²) in [5.74, 6) is 0.0203. The molecule has 1 saturated carbocycles. The summed E-state index contributed by atoms with van der Waals surface area (Å²) in [5, 5.41) is 12.4. The Morgan fingerprint density at radius 2 is 1.37 bits per heavy atom. The van der Waals surface area contributed by atoms with Crippen LogP contribution in [0, 0.1) is 12.8 Å². The van der Waals surface area contributed by atoms with E-state index >= 15 is 0 Å². The molecule has 1 aromatic carbocycles. The number of benzene rings is 1. The van der Waals surface area contributed by atoms with Crippen LogP contribution in [0.1, 0.15) is 96.6 Å². The molecule has 1 aliphatic rings. The number of hydrogen-bond donors (Lipinski definition) is 1. The highest BCUT2D eigenvalue weighted by Crippen LogP contribution is 2.45. The van der Waals surface area contributed by atoms with Crippen molar-refractivity contribution in [2.24, 2.45) is 5.92 Å². The lowest BCUT2D eigenvalue weighted by atomic mass is 9.69. The van der Waals surface area contributed by atoms with Crippen molar-refractivity contribution in [3.63, 3.8) is 0 Å². The first-order valence-electron chi connectivity index (χ1n) is 14.2. The van der Waals surface area contributed by atoms with Crippen LogP contribution < -0.4 is 0 Å². The van der Waals surface area contributed by atoms with Crippen molar-refractivity contribution >= 4 is 0 Å². The van der Waals surface area contributed by atoms with Gasteiger partial charge in [0.25, 0.3) is 0 Å².